The summed E-state index contributed by atoms with van der Waals surface area (Å²) < 4.78 is 7.48. The Morgan fingerprint density at radius 3 is 3.03 bits per heavy atom. The molecule has 31 heavy (non-hydrogen) atoms. The number of nitriles is 1. The van der Waals surface area contributed by atoms with E-state index in [0.29, 0.717) is 39.1 Å². The quantitative estimate of drug-likeness (QED) is 0.505. The van der Waals surface area contributed by atoms with Gasteiger partial charge < -0.3 is 9.73 Å². The summed E-state index contributed by atoms with van der Waals surface area (Å²) in [4.78, 5) is 13.9. The lowest BCUT2D eigenvalue weighted by Gasteiger charge is -2.17. The third kappa shape index (κ3) is 4.70. The molecule has 0 radical (unpaired) electrons. The van der Waals surface area contributed by atoms with Gasteiger partial charge in [0.1, 0.15) is 11.1 Å². The summed E-state index contributed by atoms with van der Waals surface area (Å²) in [5.41, 5.74) is 1.75. The van der Waals surface area contributed by atoms with Crippen molar-refractivity contribution in [2.45, 2.75) is 51.7 Å². The largest absolute Gasteiger partial charge is 0.461 e. The van der Waals surface area contributed by atoms with E-state index >= 15 is 0 Å². The smallest absolute Gasteiger partial charge is 0.235 e. The van der Waals surface area contributed by atoms with Crippen LogP contribution in [0.3, 0.4) is 0 Å². The molecule has 162 valence electrons. The van der Waals surface area contributed by atoms with Crippen LogP contribution in [-0.2, 0) is 24.2 Å². The SMILES string of the molecule is CC(C)Cn1c(SCC(=O)Nc2sc3c(c2C#N)CCC(C)C3)nnc1-c1ccco1. The van der Waals surface area contributed by atoms with Gasteiger partial charge in [-0.3, -0.25) is 9.36 Å². The van der Waals surface area contributed by atoms with Gasteiger partial charge in [0, 0.05) is 11.4 Å². The Morgan fingerprint density at radius 2 is 2.32 bits per heavy atom. The van der Waals surface area contributed by atoms with Gasteiger partial charge in [0.05, 0.1) is 17.6 Å². The summed E-state index contributed by atoms with van der Waals surface area (Å²) >= 11 is 2.89. The molecule has 1 unspecified atom stereocenters. The summed E-state index contributed by atoms with van der Waals surface area (Å²) in [7, 11) is 0. The molecule has 3 heterocycles. The van der Waals surface area contributed by atoms with Crippen molar-refractivity contribution >= 4 is 34.0 Å². The van der Waals surface area contributed by atoms with Gasteiger partial charge >= 0.3 is 0 Å². The predicted octanol–water partition coefficient (Wildman–Crippen LogP) is 4.98. The lowest BCUT2D eigenvalue weighted by atomic mass is 9.89. The number of amides is 1. The minimum absolute atomic E-state index is 0.146. The minimum Gasteiger partial charge on any atom is -0.461 e. The average Bonchev–Trinajstić information content (AvgIpc) is 3.44. The highest BCUT2D eigenvalue weighted by molar-refractivity contribution is 7.99. The first-order valence-corrected chi connectivity index (χ1v) is 12.2. The molecule has 0 bridgehead atoms. The number of hydrogen-bond donors (Lipinski definition) is 1. The molecule has 0 aliphatic heterocycles. The minimum atomic E-state index is -0.146. The normalized spacial score (nSPS) is 15.6. The number of rotatable bonds is 7. The van der Waals surface area contributed by atoms with Gasteiger partial charge in [-0.1, -0.05) is 32.5 Å². The lowest BCUT2D eigenvalue weighted by Crippen LogP contribution is -2.15. The molecule has 1 aliphatic rings. The number of anilines is 1. The Labute approximate surface area is 189 Å². The first kappa shape index (κ1) is 21.7. The van der Waals surface area contributed by atoms with Crippen LogP contribution in [0.15, 0.2) is 28.0 Å². The summed E-state index contributed by atoms with van der Waals surface area (Å²) in [5, 5.41) is 22.5. The Hall–Kier alpha value is -2.57. The lowest BCUT2D eigenvalue weighted by molar-refractivity contribution is -0.113. The molecular formula is C22H25N5O2S2. The van der Waals surface area contributed by atoms with Crippen molar-refractivity contribution < 1.29 is 9.21 Å². The second-order valence-corrected chi connectivity index (χ2v) is 10.3. The molecule has 0 spiro atoms. The monoisotopic (exact) mass is 455 g/mol. The van der Waals surface area contributed by atoms with Crippen LogP contribution in [0.5, 0.6) is 0 Å². The number of thiophene rings is 1. The van der Waals surface area contributed by atoms with E-state index in [-0.39, 0.29) is 11.7 Å². The second-order valence-electron chi connectivity index (χ2n) is 8.29. The molecule has 1 amide bonds. The fourth-order valence-electron chi connectivity index (χ4n) is 3.76. The van der Waals surface area contributed by atoms with Crippen LogP contribution in [0.1, 0.15) is 43.2 Å². The molecule has 7 nitrogen and oxygen atoms in total. The molecule has 0 fully saturated rings. The van der Waals surface area contributed by atoms with Crippen LogP contribution in [-0.4, -0.2) is 26.4 Å². The topological polar surface area (TPSA) is 96.7 Å². The number of hydrogen-bond acceptors (Lipinski definition) is 7. The van der Waals surface area contributed by atoms with Crippen molar-refractivity contribution in [3.63, 3.8) is 0 Å². The molecule has 3 aromatic heterocycles. The van der Waals surface area contributed by atoms with E-state index in [1.54, 1.807) is 17.6 Å². The van der Waals surface area contributed by atoms with Gasteiger partial charge in [0.2, 0.25) is 5.91 Å². The molecular weight excluding hydrogens is 430 g/mol. The number of furan rings is 1. The molecule has 3 aromatic rings. The molecule has 4 rings (SSSR count). The Balaban J connectivity index is 1.47. The zero-order chi connectivity index (χ0) is 22.0. The van der Waals surface area contributed by atoms with Crippen LogP contribution in [0, 0.1) is 23.2 Å². The van der Waals surface area contributed by atoms with E-state index in [2.05, 4.69) is 42.4 Å². The number of carbonyl (C=O) groups is 1. The zero-order valence-corrected chi connectivity index (χ0v) is 19.5. The van der Waals surface area contributed by atoms with E-state index in [9.17, 15) is 10.1 Å². The molecule has 0 aromatic carbocycles. The summed E-state index contributed by atoms with van der Waals surface area (Å²) in [5.74, 6) is 2.36. The van der Waals surface area contributed by atoms with Gasteiger partial charge in [-0.25, -0.2) is 0 Å². The number of nitrogens with zero attached hydrogens (tertiary/aromatic N) is 4. The van der Waals surface area contributed by atoms with Crippen molar-refractivity contribution in [1.29, 1.82) is 5.26 Å². The molecule has 0 saturated carbocycles. The molecule has 1 atom stereocenters. The third-order valence-electron chi connectivity index (χ3n) is 5.21. The van der Waals surface area contributed by atoms with Crippen LogP contribution in [0.25, 0.3) is 11.6 Å². The third-order valence-corrected chi connectivity index (χ3v) is 7.35. The van der Waals surface area contributed by atoms with E-state index < -0.39 is 0 Å². The fourth-order valence-corrected chi connectivity index (χ4v) is 5.89. The zero-order valence-electron chi connectivity index (χ0n) is 17.8. The first-order chi connectivity index (χ1) is 15.0. The van der Waals surface area contributed by atoms with Crippen LogP contribution >= 0.6 is 23.1 Å². The summed E-state index contributed by atoms with van der Waals surface area (Å²) in [6.45, 7) is 7.20. The van der Waals surface area contributed by atoms with Crippen LogP contribution in [0.4, 0.5) is 5.00 Å². The highest BCUT2D eigenvalue weighted by Gasteiger charge is 2.25. The van der Waals surface area contributed by atoms with Gasteiger partial charge in [-0.05, 0) is 48.8 Å². The maximum atomic E-state index is 12.7. The summed E-state index contributed by atoms with van der Waals surface area (Å²) in [6.07, 6.45) is 4.59. The van der Waals surface area contributed by atoms with E-state index in [1.807, 2.05) is 16.7 Å². The Morgan fingerprint density at radius 1 is 1.48 bits per heavy atom. The van der Waals surface area contributed by atoms with Gasteiger partial charge in [0.25, 0.3) is 0 Å². The maximum Gasteiger partial charge on any atom is 0.235 e. The second kappa shape index (κ2) is 9.28. The van der Waals surface area contributed by atoms with Crippen molar-refractivity contribution in [2.75, 3.05) is 11.1 Å². The number of aromatic nitrogens is 3. The number of thioether (sulfide) groups is 1. The van der Waals surface area contributed by atoms with E-state index in [4.69, 9.17) is 4.42 Å². The molecule has 9 heteroatoms. The summed E-state index contributed by atoms with van der Waals surface area (Å²) in [6, 6.07) is 5.97. The maximum absolute atomic E-state index is 12.7. The number of nitrogens with one attached hydrogen (secondary N) is 1. The van der Waals surface area contributed by atoms with Crippen molar-refractivity contribution in [2.24, 2.45) is 11.8 Å². The van der Waals surface area contributed by atoms with Crippen molar-refractivity contribution in [3.05, 3.63) is 34.4 Å². The fraction of sp³-hybridized carbons (Fsp3) is 0.455. The predicted molar refractivity (Wildman–Crippen MR) is 122 cm³/mol. The molecule has 0 saturated heterocycles. The molecule has 1 aliphatic carbocycles. The van der Waals surface area contributed by atoms with Gasteiger partial charge in [-0.15, -0.1) is 21.5 Å². The van der Waals surface area contributed by atoms with E-state index in [1.165, 1.54) is 16.6 Å². The first-order valence-electron chi connectivity index (χ1n) is 10.4. The Kier molecular flexibility index (Phi) is 6.49. The van der Waals surface area contributed by atoms with Crippen molar-refractivity contribution in [1.82, 2.24) is 14.8 Å². The van der Waals surface area contributed by atoms with E-state index in [0.717, 1.165) is 31.4 Å². The standard InChI is InChI=1S/C22H25N5O2S2/c1-13(2)11-27-20(17-5-4-8-29-17)25-26-22(27)30-12-19(28)24-21-16(10-23)15-7-6-14(3)9-18(15)31-21/h4-5,8,13-14H,6-7,9,11-12H2,1-3H3,(H,24,28). The van der Waals surface area contributed by atoms with Crippen LogP contribution < -0.4 is 5.32 Å². The van der Waals surface area contributed by atoms with Gasteiger partial charge in [0.15, 0.2) is 16.7 Å². The average molecular weight is 456 g/mol. The number of fused-ring (bicyclic) bond motifs is 1. The van der Waals surface area contributed by atoms with Crippen molar-refractivity contribution in [3.8, 4) is 17.7 Å². The van der Waals surface area contributed by atoms with Crippen LogP contribution in [0.2, 0.25) is 0 Å². The molecule has 1 N–H and O–H groups in total. The highest BCUT2D eigenvalue weighted by atomic mass is 32.2. The highest BCUT2D eigenvalue weighted by Crippen LogP contribution is 2.39. The van der Waals surface area contributed by atoms with Gasteiger partial charge in [-0.2, -0.15) is 5.26 Å². The number of carbonyl (C=O) groups excluding carboxylic acids is 1. The Bertz CT molecular complexity index is 1110.